The van der Waals surface area contributed by atoms with Crippen molar-refractivity contribution in [2.75, 3.05) is 5.75 Å². The van der Waals surface area contributed by atoms with Crippen LogP contribution in [-0.2, 0) is 9.53 Å². The van der Waals surface area contributed by atoms with E-state index in [0.717, 1.165) is 0 Å². The maximum absolute atomic E-state index is 11.2. The van der Waals surface area contributed by atoms with Gasteiger partial charge in [-0.3, -0.25) is 0 Å². The molecule has 0 aromatic rings. The van der Waals surface area contributed by atoms with E-state index in [4.69, 9.17) is 4.74 Å². The van der Waals surface area contributed by atoms with Crippen LogP contribution in [0.2, 0.25) is 0 Å². The summed E-state index contributed by atoms with van der Waals surface area (Å²) in [6, 6.07) is 0. The molecule has 15 heavy (non-hydrogen) atoms. The van der Waals surface area contributed by atoms with Crippen LogP contribution in [-0.4, -0.2) is 45.0 Å². The van der Waals surface area contributed by atoms with Crippen LogP contribution in [0.25, 0.3) is 0 Å². The van der Waals surface area contributed by atoms with E-state index in [1.54, 1.807) is 25.6 Å². The van der Waals surface area contributed by atoms with E-state index < -0.39 is 23.8 Å². The van der Waals surface area contributed by atoms with Gasteiger partial charge in [0.1, 0.15) is 0 Å². The monoisotopic (exact) mass is 234 g/mol. The molecule has 1 fully saturated rings. The molecule has 4 nitrogen and oxygen atoms in total. The van der Waals surface area contributed by atoms with Gasteiger partial charge in [-0.15, -0.1) is 0 Å². The van der Waals surface area contributed by atoms with E-state index in [1.165, 1.54) is 0 Å². The highest BCUT2D eigenvalue weighted by Gasteiger charge is 2.47. The summed E-state index contributed by atoms with van der Waals surface area (Å²) < 4.78 is 5.52. The molecule has 1 aliphatic rings. The number of carbonyl (C=O) groups is 1. The van der Waals surface area contributed by atoms with Crippen LogP contribution in [0.3, 0.4) is 0 Å². The third kappa shape index (κ3) is 2.86. The zero-order chi connectivity index (χ0) is 11.6. The van der Waals surface area contributed by atoms with Gasteiger partial charge >= 0.3 is 5.97 Å². The zero-order valence-electron chi connectivity index (χ0n) is 9.27. The Balaban J connectivity index is 2.71. The van der Waals surface area contributed by atoms with E-state index in [9.17, 15) is 15.0 Å². The average molecular weight is 234 g/mol. The van der Waals surface area contributed by atoms with Crippen LogP contribution in [0.1, 0.15) is 27.2 Å². The Bertz CT molecular complexity index is 244. The van der Waals surface area contributed by atoms with Crippen LogP contribution in [0.15, 0.2) is 0 Å². The summed E-state index contributed by atoms with van der Waals surface area (Å²) in [5.74, 6) is -0.465. The highest BCUT2D eigenvalue weighted by molar-refractivity contribution is 8.00. The van der Waals surface area contributed by atoms with Crippen LogP contribution >= 0.6 is 11.8 Å². The van der Waals surface area contributed by atoms with Gasteiger partial charge in [-0.2, -0.15) is 11.8 Å². The standard InChI is InChI=1S/C10H18O4S/c1-6-4-10(5-15-6,9(12)13)14-8(3)7(2)11/h6-8,11H,4-5H2,1-3H3,(H,12,13). The molecule has 4 unspecified atom stereocenters. The first-order chi connectivity index (χ1) is 6.87. The predicted molar refractivity (Wildman–Crippen MR) is 59.1 cm³/mol. The van der Waals surface area contributed by atoms with Crippen LogP contribution < -0.4 is 0 Å². The number of aliphatic hydroxyl groups is 1. The zero-order valence-corrected chi connectivity index (χ0v) is 10.1. The van der Waals surface area contributed by atoms with Gasteiger partial charge in [0.05, 0.1) is 12.2 Å². The molecule has 88 valence electrons. The summed E-state index contributed by atoms with van der Waals surface area (Å²) in [5, 5.41) is 18.8. The van der Waals surface area contributed by atoms with Crippen LogP contribution in [0, 0.1) is 0 Å². The summed E-state index contributed by atoms with van der Waals surface area (Å²) in [6.45, 7) is 5.29. The Morgan fingerprint density at radius 1 is 1.60 bits per heavy atom. The largest absolute Gasteiger partial charge is 0.479 e. The van der Waals surface area contributed by atoms with Gasteiger partial charge in [-0.05, 0) is 20.3 Å². The number of hydrogen-bond acceptors (Lipinski definition) is 4. The number of carboxylic acid groups (broad SMARTS) is 1. The van der Waals surface area contributed by atoms with Crippen molar-refractivity contribution in [3.63, 3.8) is 0 Å². The second kappa shape index (κ2) is 4.72. The molecule has 1 aliphatic heterocycles. The molecule has 0 spiro atoms. The molecule has 0 aromatic heterocycles. The lowest BCUT2D eigenvalue weighted by Gasteiger charge is -2.29. The minimum atomic E-state index is -1.11. The van der Waals surface area contributed by atoms with Crippen molar-refractivity contribution in [2.24, 2.45) is 0 Å². The van der Waals surface area contributed by atoms with E-state index in [-0.39, 0.29) is 0 Å². The molecular formula is C10H18O4S. The first-order valence-corrected chi connectivity index (χ1v) is 6.13. The second-order valence-corrected chi connectivity index (χ2v) is 5.62. The minimum absolute atomic E-state index is 0.294. The van der Waals surface area contributed by atoms with Crippen molar-refractivity contribution in [1.29, 1.82) is 0 Å². The maximum atomic E-state index is 11.2. The highest BCUT2D eigenvalue weighted by Crippen LogP contribution is 2.38. The number of aliphatic hydroxyl groups excluding tert-OH is 1. The van der Waals surface area contributed by atoms with Gasteiger partial charge < -0.3 is 14.9 Å². The fourth-order valence-electron chi connectivity index (χ4n) is 1.59. The molecule has 5 heteroatoms. The van der Waals surface area contributed by atoms with E-state index in [0.29, 0.717) is 17.4 Å². The molecule has 0 saturated carbocycles. The van der Waals surface area contributed by atoms with Crippen LogP contribution in [0.4, 0.5) is 0 Å². The topological polar surface area (TPSA) is 66.8 Å². The summed E-state index contributed by atoms with van der Waals surface area (Å²) in [4.78, 5) is 11.2. The molecule has 0 bridgehead atoms. The molecule has 2 N–H and O–H groups in total. The molecule has 0 amide bonds. The normalized spacial score (nSPS) is 35.1. The summed E-state index contributed by atoms with van der Waals surface area (Å²) in [6.07, 6.45) is -0.599. The number of rotatable bonds is 4. The lowest BCUT2D eigenvalue weighted by Crippen LogP contribution is -2.46. The Labute approximate surface area is 94.0 Å². The van der Waals surface area contributed by atoms with Crippen molar-refractivity contribution in [3.8, 4) is 0 Å². The lowest BCUT2D eigenvalue weighted by molar-refractivity contribution is -0.175. The van der Waals surface area contributed by atoms with Crippen molar-refractivity contribution < 1.29 is 19.7 Å². The van der Waals surface area contributed by atoms with Crippen molar-refractivity contribution >= 4 is 17.7 Å². The molecule has 0 aliphatic carbocycles. The first kappa shape index (κ1) is 12.8. The van der Waals surface area contributed by atoms with Gasteiger partial charge in [-0.25, -0.2) is 4.79 Å². The van der Waals surface area contributed by atoms with E-state index in [1.807, 2.05) is 6.92 Å². The summed E-state index contributed by atoms with van der Waals surface area (Å²) in [5.41, 5.74) is -1.11. The molecule has 1 heterocycles. The van der Waals surface area contributed by atoms with Crippen molar-refractivity contribution in [2.45, 2.75) is 50.3 Å². The van der Waals surface area contributed by atoms with E-state index >= 15 is 0 Å². The second-order valence-electron chi connectivity index (χ2n) is 4.19. The SMILES string of the molecule is CC1CC(OC(C)C(C)O)(C(=O)O)CS1. The number of hydrogen-bond donors (Lipinski definition) is 2. The van der Waals surface area contributed by atoms with Gasteiger partial charge in [0.2, 0.25) is 0 Å². The Hall–Kier alpha value is -0.260. The molecule has 4 atom stereocenters. The fraction of sp³-hybridized carbons (Fsp3) is 0.900. The maximum Gasteiger partial charge on any atom is 0.336 e. The Morgan fingerprint density at radius 2 is 2.20 bits per heavy atom. The van der Waals surface area contributed by atoms with Gasteiger partial charge in [-0.1, -0.05) is 6.92 Å². The number of aliphatic carboxylic acids is 1. The summed E-state index contributed by atoms with van der Waals surface area (Å²) in [7, 11) is 0. The predicted octanol–water partition coefficient (Wildman–Crippen LogP) is 1.12. The molecule has 1 rings (SSSR count). The number of ether oxygens (including phenoxy) is 1. The van der Waals surface area contributed by atoms with Gasteiger partial charge in [0, 0.05) is 11.0 Å². The number of carboxylic acids is 1. The van der Waals surface area contributed by atoms with Gasteiger partial charge in [0.15, 0.2) is 5.60 Å². The van der Waals surface area contributed by atoms with Crippen molar-refractivity contribution in [3.05, 3.63) is 0 Å². The molecule has 1 saturated heterocycles. The smallest absolute Gasteiger partial charge is 0.336 e. The first-order valence-electron chi connectivity index (χ1n) is 5.08. The quantitative estimate of drug-likeness (QED) is 0.763. The third-order valence-corrected chi connectivity index (χ3v) is 4.07. The minimum Gasteiger partial charge on any atom is -0.479 e. The molecule has 0 radical (unpaired) electrons. The molecular weight excluding hydrogens is 216 g/mol. The van der Waals surface area contributed by atoms with Crippen LogP contribution in [0.5, 0.6) is 0 Å². The lowest BCUT2D eigenvalue weighted by atomic mass is 10.00. The number of thioether (sulfide) groups is 1. The van der Waals surface area contributed by atoms with Gasteiger partial charge in [0.25, 0.3) is 0 Å². The molecule has 0 aromatic carbocycles. The van der Waals surface area contributed by atoms with Crippen molar-refractivity contribution in [1.82, 2.24) is 0 Å². The summed E-state index contributed by atoms with van der Waals surface area (Å²) >= 11 is 1.60. The van der Waals surface area contributed by atoms with E-state index in [2.05, 4.69) is 0 Å². The third-order valence-electron chi connectivity index (χ3n) is 2.70. The average Bonchev–Trinajstić information content (AvgIpc) is 2.48. The Morgan fingerprint density at radius 3 is 2.53 bits per heavy atom. The Kier molecular flexibility index (Phi) is 4.03. The fourth-order valence-corrected chi connectivity index (χ4v) is 2.85. The highest BCUT2D eigenvalue weighted by atomic mass is 32.2.